The smallest absolute Gasteiger partial charge is 0.148 e. The molecule has 8 aromatic rings. The van der Waals surface area contributed by atoms with E-state index in [2.05, 4.69) is 26.8 Å². The average Bonchev–Trinajstić information content (AvgIpc) is 3.65. The molecule has 2 heterocycles. The fourth-order valence-corrected chi connectivity index (χ4v) is 7.37. The first kappa shape index (κ1) is 28.0. The molecule has 0 bridgehead atoms. The van der Waals surface area contributed by atoms with Crippen molar-refractivity contribution in [3.63, 3.8) is 0 Å². The fraction of sp³-hybridized carbons (Fsp3) is 0.208. The van der Waals surface area contributed by atoms with Crippen molar-refractivity contribution < 1.29 is 42.6 Å². The van der Waals surface area contributed by atoms with Crippen LogP contribution in [0.1, 0.15) is 85.6 Å². The molecule has 0 aliphatic carbocycles. The molecule has 0 aliphatic rings. The van der Waals surface area contributed by atoms with Crippen molar-refractivity contribution in [2.45, 2.75) is 72.9 Å². The minimum atomic E-state index is -3.39. The van der Waals surface area contributed by atoms with Crippen LogP contribution in [0.3, 0.4) is 0 Å². The molecule has 4 nitrogen and oxygen atoms in total. The van der Waals surface area contributed by atoms with Crippen molar-refractivity contribution >= 4 is 11.0 Å². The van der Waals surface area contributed by atoms with Gasteiger partial charge in [0.25, 0.3) is 0 Å². The summed E-state index contributed by atoms with van der Waals surface area (Å²) in [6.07, 6.45) is 1.62. The molecule has 8 rings (SSSR count). The van der Waals surface area contributed by atoms with Gasteiger partial charge < -0.3 is 5.11 Å². The van der Waals surface area contributed by atoms with Gasteiger partial charge in [-0.3, -0.25) is 9.55 Å². The number of nitrogens with zero attached hydrogens (tertiary/aromatic N) is 3. The molecule has 6 aromatic carbocycles. The van der Waals surface area contributed by atoms with Gasteiger partial charge in [0, 0.05) is 49.4 Å². The molecule has 0 amide bonds. The molecule has 2 aromatic heterocycles. The monoisotopic (exact) mass is 951 g/mol. The van der Waals surface area contributed by atoms with Gasteiger partial charge in [-0.25, -0.2) is 4.98 Å². The summed E-state index contributed by atoms with van der Waals surface area (Å²) in [6, 6.07) is 41.1. The predicted octanol–water partition coefficient (Wildman–Crippen LogP) is 13.8. The topological polar surface area (TPSA) is 50.9 Å². The van der Waals surface area contributed by atoms with Crippen LogP contribution in [-0.2, 0) is 31.9 Å². The quantitative estimate of drug-likeness (QED) is 0.169. The van der Waals surface area contributed by atoms with Gasteiger partial charge >= 0.3 is 0 Å². The second-order valence-electron chi connectivity index (χ2n) is 15.7. The first-order valence-corrected chi connectivity index (χ1v) is 18.8. The van der Waals surface area contributed by atoms with Crippen LogP contribution < -0.4 is 0 Å². The minimum Gasteiger partial charge on any atom is -0.507 e. The van der Waals surface area contributed by atoms with E-state index < -0.39 is 32.8 Å². The van der Waals surface area contributed by atoms with Gasteiger partial charge in [0.2, 0.25) is 0 Å². The first-order chi connectivity index (χ1) is 32.1. The maximum Gasteiger partial charge on any atom is 0.148 e. The van der Waals surface area contributed by atoms with E-state index in [1.807, 2.05) is 103 Å². The van der Waals surface area contributed by atoms with E-state index in [9.17, 15) is 5.11 Å². The van der Waals surface area contributed by atoms with Gasteiger partial charge in [-0.05, 0) is 106 Å². The van der Waals surface area contributed by atoms with E-state index >= 15 is 0 Å². The standard InChI is InChI=1S/C53H50N3O.Pt/c1-33-26-35(3)50(57)45(27-33)51-55-49-44(16-13-17-48(49)56(51)47-23-20-38(28-34(47)2)36-14-11-10-12-15-36)40-29-41(31-43(30-40)53(7,8)9)46-32-39(24-25-54-46)37-18-21-42(22-19-37)52(4,5)6;/h10-28,30-32,57H,1-9H3;/q-1;/i2D3,4D3,5D3,6D3;. The summed E-state index contributed by atoms with van der Waals surface area (Å²) in [6.45, 7) is -2.70. The van der Waals surface area contributed by atoms with Crippen LogP contribution >= 0.6 is 0 Å². The molecule has 0 saturated carbocycles. The van der Waals surface area contributed by atoms with Crippen LogP contribution in [0, 0.1) is 26.8 Å². The number of aryl methyl sites for hydroxylation is 3. The Morgan fingerprint density at radius 2 is 1.34 bits per heavy atom. The second-order valence-corrected chi connectivity index (χ2v) is 15.7. The van der Waals surface area contributed by atoms with Gasteiger partial charge in [-0.15, -0.1) is 29.3 Å². The third kappa shape index (κ3) is 7.83. The van der Waals surface area contributed by atoms with Gasteiger partial charge in [-0.2, -0.15) is 0 Å². The van der Waals surface area contributed by atoms with Crippen molar-refractivity contribution in [3.05, 3.63) is 167 Å². The zero-order chi connectivity index (χ0) is 50.2. The maximum absolute atomic E-state index is 11.7. The zero-order valence-electron chi connectivity index (χ0n) is 44.8. The number of phenolic OH excluding ortho intramolecular Hbond substituents is 1. The third-order valence-corrected chi connectivity index (χ3v) is 10.4. The number of hydrogen-bond donors (Lipinski definition) is 1. The van der Waals surface area contributed by atoms with Crippen molar-refractivity contribution in [3.8, 4) is 67.5 Å². The number of benzene rings is 6. The third-order valence-electron chi connectivity index (χ3n) is 10.4. The van der Waals surface area contributed by atoms with E-state index in [-0.39, 0.29) is 43.4 Å². The number of phenols is 1. The number of para-hydroxylation sites is 1. The summed E-state index contributed by atoms with van der Waals surface area (Å²) in [7, 11) is 0. The average molecular weight is 952 g/mol. The molecule has 0 spiro atoms. The number of fused-ring (bicyclic) bond motifs is 1. The Hall–Kier alpha value is -5.57. The van der Waals surface area contributed by atoms with Gasteiger partial charge in [0.05, 0.1) is 22.3 Å². The Kier molecular flexibility index (Phi) is 7.54. The molecule has 0 fully saturated rings. The van der Waals surface area contributed by atoms with Crippen LogP contribution in [-0.4, -0.2) is 19.6 Å². The normalized spacial score (nSPS) is 15.7. The van der Waals surface area contributed by atoms with Crippen molar-refractivity contribution in [2.75, 3.05) is 0 Å². The second kappa shape index (κ2) is 15.6. The molecular formula is C53H50N3OPt-. The van der Waals surface area contributed by atoms with E-state index in [0.717, 1.165) is 22.3 Å². The van der Waals surface area contributed by atoms with Gasteiger partial charge in [0.15, 0.2) is 0 Å². The summed E-state index contributed by atoms with van der Waals surface area (Å²) in [4.78, 5) is 10.0. The van der Waals surface area contributed by atoms with E-state index in [1.54, 1.807) is 24.4 Å². The Labute approximate surface area is 374 Å². The molecule has 5 heteroatoms. The molecule has 294 valence electrons. The number of hydrogen-bond acceptors (Lipinski definition) is 3. The Morgan fingerprint density at radius 1 is 0.638 bits per heavy atom. The molecule has 58 heavy (non-hydrogen) atoms. The fourth-order valence-electron chi connectivity index (χ4n) is 7.37. The zero-order valence-corrected chi connectivity index (χ0v) is 35.1. The van der Waals surface area contributed by atoms with Crippen molar-refractivity contribution in [1.82, 2.24) is 14.5 Å². The summed E-state index contributed by atoms with van der Waals surface area (Å²) in [5, 5.41) is 11.7. The minimum absolute atomic E-state index is 0. The summed E-state index contributed by atoms with van der Waals surface area (Å²) in [5.74, 6) is 0.367. The van der Waals surface area contributed by atoms with E-state index in [0.29, 0.717) is 67.2 Å². The Balaban J connectivity index is 0.00000722. The SMILES string of the molecule is [2H]C([2H])([2H])c1cc(-c2ccccc2)ccc1-n1c(-c2cc(C)cc(C)c2O)nc2c(-c3[c-]c(-c4cc(-c5ccc(C(C([2H])([2H])[2H])(C([2H])([2H])[2H])C([2H])([2H])[2H])cc5)ccn4)cc(C(C)(C)C)c3)cccc21.[Pt]. The number of aromatic nitrogens is 3. The summed E-state index contributed by atoms with van der Waals surface area (Å²) >= 11 is 0. The Morgan fingerprint density at radius 3 is 2.07 bits per heavy atom. The number of aromatic hydroxyl groups is 1. The van der Waals surface area contributed by atoms with E-state index in [1.165, 1.54) is 24.3 Å². The molecule has 0 aliphatic heterocycles. The Bertz CT molecular complexity index is 3200. The van der Waals surface area contributed by atoms with Crippen LogP contribution in [0.25, 0.3) is 72.7 Å². The molecule has 0 atom stereocenters. The summed E-state index contributed by atoms with van der Waals surface area (Å²) < 4.78 is 102. The predicted molar refractivity (Wildman–Crippen MR) is 238 cm³/mol. The molecule has 0 saturated heterocycles. The molecule has 0 radical (unpaired) electrons. The van der Waals surface area contributed by atoms with Crippen LogP contribution in [0.15, 0.2) is 134 Å². The van der Waals surface area contributed by atoms with Crippen LogP contribution in [0.4, 0.5) is 0 Å². The molecule has 1 N–H and O–H groups in total. The van der Waals surface area contributed by atoms with E-state index in [4.69, 9.17) is 26.4 Å². The van der Waals surface area contributed by atoms with Crippen LogP contribution in [0.2, 0.25) is 0 Å². The maximum atomic E-state index is 11.7. The molecule has 0 unspecified atom stereocenters. The number of imidazole rings is 1. The largest absolute Gasteiger partial charge is 0.507 e. The first-order valence-electron chi connectivity index (χ1n) is 24.8. The van der Waals surface area contributed by atoms with Crippen molar-refractivity contribution in [1.29, 1.82) is 0 Å². The number of pyridine rings is 1. The summed E-state index contributed by atoms with van der Waals surface area (Å²) in [5.41, 5.74) is 6.00. The van der Waals surface area contributed by atoms with Crippen molar-refractivity contribution in [2.24, 2.45) is 0 Å². The van der Waals surface area contributed by atoms with Gasteiger partial charge in [0.1, 0.15) is 11.6 Å². The van der Waals surface area contributed by atoms with Crippen LogP contribution in [0.5, 0.6) is 5.75 Å². The number of rotatable bonds is 6. The molecular weight excluding hydrogens is 890 g/mol. The van der Waals surface area contributed by atoms with Gasteiger partial charge in [-0.1, -0.05) is 137 Å².